The zero-order chi connectivity index (χ0) is 14.5. The molecule has 1 atom stereocenters. The second-order valence-corrected chi connectivity index (χ2v) is 5.71. The van der Waals surface area contributed by atoms with Crippen LogP contribution in [0, 0.1) is 5.92 Å². The van der Waals surface area contributed by atoms with Crippen molar-refractivity contribution in [2.24, 2.45) is 5.92 Å². The van der Waals surface area contributed by atoms with E-state index >= 15 is 0 Å². The van der Waals surface area contributed by atoms with E-state index in [1.165, 1.54) is 12.0 Å². The van der Waals surface area contributed by atoms with Crippen molar-refractivity contribution in [2.45, 2.75) is 19.4 Å². The van der Waals surface area contributed by atoms with Crippen LogP contribution in [0.4, 0.5) is 0 Å². The van der Waals surface area contributed by atoms with Crippen LogP contribution in [0.5, 0.6) is 0 Å². The van der Waals surface area contributed by atoms with Gasteiger partial charge in [-0.25, -0.2) is 0 Å². The van der Waals surface area contributed by atoms with Gasteiger partial charge in [0.2, 0.25) is 5.89 Å². The van der Waals surface area contributed by atoms with Gasteiger partial charge in [0.25, 0.3) is 0 Å². The minimum Gasteiger partial charge on any atom is -0.338 e. The molecule has 1 aromatic carbocycles. The van der Waals surface area contributed by atoms with E-state index in [0.717, 1.165) is 50.2 Å². The summed E-state index contributed by atoms with van der Waals surface area (Å²) < 4.78 is 5.38. The van der Waals surface area contributed by atoms with Gasteiger partial charge < -0.3 is 9.84 Å². The molecule has 0 bridgehead atoms. The van der Waals surface area contributed by atoms with Gasteiger partial charge in [-0.2, -0.15) is 4.98 Å². The number of nitrogens with zero attached hydrogens (tertiary/aromatic N) is 3. The van der Waals surface area contributed by atoms with Gasteiger partial charge in [0.1, 0.15) is 0 Å². The van der Waals surface area contributed by atoms with E-state index in [1.807, 2.05) is 25.2 Å². The molecule has 0 amide bonds. The van der Waals surface area contributed by atoms with Crippen LogP contribution >= 0.6 is 12.4 Å². The molecule has 0 spiro atoms. The molecule has 0 radical (unpaired) electrons. The number of hydrogen-bond acceptors (Lipinski definition) is 5. The molecule has 0 aliphatic carbocycles. The van der Waals surface area contributed by atoms with Gasteiger partial charge in [-0.05, 0) is 38.0 Å². The van der Waals surface area contributed by atoms with Crippen LogP contribution < -0.4 is 5.32 Å². The molecule has 1 aliphatic heterocycles. The number of hydrogen-bond donors (Lipinski definition) is 1. The molecule has 120 valence electrons. The van der Waals surface area contributed by atoms with Gasteiger partial charge in [-0.3, -0.25) is 4.90 Å². The largest absolute Gasteiger partial charge is 0.338 e. The lowest BCUT2D eigenvalue weighted by Crippen LogP contribution is -2.24. The first-order valence-corrected chi connectivity index (χ1v) is 7.56. The summed E-state index contributed by atoms with van der Waals surface area (Å²) in [7, 11) is 2.01. The van der Waals surface area contributed by atoms with Crippen molar-refractivity contribution >= 4 is 12.4 Å². The maximum absolute atomic E-state index is 5.38. The minimum atomic E-state index is 0. The Morgan fingerprint density at radius 3 is 2.91 bits per heavy atom. The molecule has 2 heterocycles. The summed E-state index contributed by atoms with van der Waals surface area (Å²) in [4.78, 5) is 6.90. The van der Waals surface area contributed by atoms with Crippen molar-refractivity contribution in [1.82, 2.24) is 20.4 Å². The number of benzene rings is 1. The van der Waals surface area contributed by atoms with Crippen LogP contribution in [-0.4, -0.2) is 41.7 Å². The highest BCUT2D eigenvalue weighted by Gasteiger charge is 2.23. The van der Waals surface area contributed by atoms with Gasteiger partial charge in [0.05, 0.1) is 6.54 Å². The maximum atomic E-state index is 5.38. The topological polar surface area (TPSA) is 54.2 Å². The molecule has 1 saturated heterocycles. The Balaban J connectivity index is 0.00000176. The third-order valence-electron chi connectivity index (χ3n) is 3.94. The zero-order valence-corrected chi connectivity index (χ0v) is 13.7. The quantitative estimate of drug-likeness (QED) is 0.883. The smallest absolute Gasteiger partial charge is 0.240 e. The Kier molecular flexibility index (Phi) is 6.36. The normalized spacial score (nSPS) is 18.3. The molecule has 1 aromatic heterocycles. The van der Waals surface area contributed by atoms with Gasteiger partial charge in [-0.1, -0.05) is 35.5 Å². The Hall–Kier alpha value is -1.43. The number of halogens is 1. The Morgan fingerprint density at radius 2 is 2.14 bits per heavy atom. The monoisotopic (exact) mass is 322 g/mol. The number of rotatable bonds is 6. The zero-order valence-electron chi connectivity index (χ0n) is 12.9. The fraction of sp³-hybridized carbons (Fsp3) is 0.500. The van der Waals surface area contributed by atoms with Crippen molar-refractivity contribution < 1.29 is 4.52 Å². The first-order chi connectivity index (χ1) is 10.3. The third-order valence-corrected chi connectivity index (χ3v) is 3.94. The molecular formula is C16H23ClN4O. The van der Waals surface area contributed by atoms with E-state index in [9.17, 15) is 0 Å². The van der Waals surface area contributed by atoms with Crippen molar-refractivity contribution in [3.05, 3.63) is 47.6 Å². The molecule has 1 N–H and O–H groups in total. The molecule has 2 aromatic rings. The fourth-order valence-corrected chi connectivity index (χ4v) is 2.91. The van der Waals surface area contributed by atoms with Crippen LogP contribution in [0.3, 0.4) is 0 Å². The summed E-state index contributed by atoms with van der Waals surface area (Å²) in [5.41, 5.74) is 1.21. The minimum absolute atomic E-state index is 0. The van der Waals surface area contributed by atoms with E-state index in [2.05, 4.69) is 32.5 Å². The molecule has 6 heteroatoms. The molecule has 1 unspecified atom stereocenters. The van der Waals surface area contributed by atoms with Crippen molar-refractivity contribution in [3.63, 3.8) is 0 Å². The van der Waals surface area contributed by atoms with Crippen molar-refractivity contribution in [1.29, 1.82) is 0 Å². The van der Waals surface area contributed by atoms with E-state index < -0.39 is 0 Å². The van der Waals surface area contributed by atoms with E-state index in [-0.39, 0.29) is 12.4 Å². The first-order valence-electron chi connectivity index (χ1n) is 7.56. The van der Waals surface area contributed by atoms with Crippen LogP contribution in [0.2, 0.25) is 0 Å². The fourth-order valence-electron chi connectivity index (χ4n) is 2.91. The number of likely N-dealkylation sites (tertiary alicyclic amines) is 1. The Bertz CT molecular complexity index is 560. The summed E-state index contributed by atoms with van der Waals surface area (Å²) in [6, 6.07) is 10.2. The second-order valence-electron chi connectivity index (χ2n) is 5.71. The van der Waals surface area contributed by atoms with Gasteiger partial charge in [0.15, 0.2) is 5.82 Å². The molecule has 22 heavy (non-hydrogen) atoms. The molecule has 1 aliphatic rings. The van der Waals surface area contributed by atoms with Crippen LogP contribution in [0.1, 0.15) is 23.7 Å². The lowest BCUT2D eigenvalue weighted by molar-refractivity contribution is 0.259. The summed E-state index contributed by atoms with van der Waals surface area (Å²) in [5, 5.41) is 7.33. The Morgan fingerprint density at radius 1 is 1.32 bits per heavy atom. The van der Waals surface area contributed by atoms with Crippen LogP contribution in [0.15, 0.2) is 34.9 Å². The molecule has 5 nitrogen and oxygen atoms in total. The molecule has 1 fully saturated rings. The van der Waals surface area contributed by atoms with Gasteiger partial charge in [-0.15, -0.1) is 12.4 Å². The Labute approximate surface area is 137 Å². The summed E-state index contributed by atoms with van der Waals surface area (Å²) in [6.45, 7) is 4.07. The van der Waals surface area contributed by atoms with Crippen molar-refractivity contribution in [3.8, 4) is 0 Å². The highest BCUT2D eigenvalue weighted by atomic mass is 35.5. The standard InChI is InChI=1S/C16H22N4O.ClH/c1-17-10-14-7-8-20(11-14)12-16-18-15(19-21-16)9-13-5-3-2-4-6-13;/h2-6,14,17H,7-12H2,1H3;1H. The van der Waals surface area contributed by atoms with E-state index in [4.69, 9.17) is 4.52 Å². The average Bonchev–Trinajstić information content (AvgIpc) is 3.11. The predicted octanol–water partition coefficient (Wildman–Crippen LogP) is 2.12. The van der Waals surface area contributed by atoms with Crippen LogP contribution in [0.25, 0.3) is 0 Å². The molecule has 0 saturated carbocycles. The molecular weight excluding hydrogens is 300 g/mol. The summed E-state index contributed by atoms with van der Waals surface area (Å²) in [5.74, 6) is 2.23. The average molecular weight is 323 g/mol. The SMILES string of the molecule is CNCC1CCN(Cc2nc(Cc3ccccc3)no2)C1.Cl. The summed E-state index contributed by atoms with van der Waals surface area (Å²) >= 11 is 0. The predicted molar refractivity (Wildman–Crippen MR) is 88.1 cm³/mol. The van der Waals surface area contributed by atoms with E-state index in [0.29, 0.717) is 0 Å². The first kappa shape index (κ1) is 16.9. The van der Waals surface area contributed by atoms with Crippen molar-refractivity contribution in [2.75, 3.05) is 26.7 Å². The summed E-state index contributed by atoms with van der Waals surface area (Å²) in [6.07, 6.45) is 1.97. The highest BCUT2D eigenvalue weighted by Crippen LogP contribution is 2.17. The number of aromatic nitrogens is 2. The lowest BCUT2D eigenvalue weighted by atomic mass is 10.1. The van der Waals surface area contributed by atoms with Gasteiger partial charge in [0, 0.05) is 13.0 Å². The maximum Gasteiger partial charge on any atom is 0.240 e. The van der Waals surface area contributed by atoms with E-state index in [1.54, 1.807) is 0 Å². The van der Waals surface area contributed by atoms with Gasteiger partial charge >= 0.3 is 0 Å². The third kappa shape index (κ3) is 4.53. The lowest BCUT2D eigenvalue weighted by Gasteiger charge is -2.12. The molecule has 3 rings (SSSR count). The van der Waals surface area contributed by atoms with Crippen LogP contribution in [-0.2, 0) is 13.0 Å². The highest BCUT2D eigenvalue weighted by molar-refractivity contribution is 5.85. The second kappa shape index (κ2) is 8.27. The number of nitrogens with one attached hydrogen (secondary N) is 1.